The maximum absolute atomic E-state index is 10.5. The first kappa shape index (κ1) is 9.94. The number of rotatable bonds is 3. The van der Waals surface area contributed by atoms with Gasteiger partial charge in [-0.15, -0.1) is 0 Å². The molecule has 0 aliphatic carbocycles. The minimum atomic E-state index is -1.24. The van der Waals surface area contributed by atoms with Gasteiger partial charge in [-0.25, -0.2) is 9.90 Å². The molecule has 0 aliphatic heterocycles. The molecule has 0 aromatic rings. The zero-order chi connectivity index (χ0) is 9.02. The Morgan fingerprint density at radius 3 is 1.82 bits per heavy atom. The number of carbonyl (C=O) groups is 2. The van der Waals surface area contributed by atoms with E-state index in [1.165, 1.54) is 6.92 Å². The topological polar surface area (TPSA) is 66.1 Å². The lowest BCUT2D eigenvalue weighted by Gasteiger charge is -2.14. The normalized spacial score (nSPS) is 12.7. The summed E-state index contributed by atoms with van der Waals surface area (Å²) in [6.45, 7) is 4.69. The highest BCUT2D eigenvalue weighted by Crippen LogP contribution is 2.01. The van der Waals surface area contributed by atoms with Crippen molar-refractivity contribution in [2.45, 2.75) is 26.8 Å². The highest BCUT2D eigenvalue weighted by Gasteiger charge is 2.23. The third-order valence-electron chi connectivity index (χ3n) is 1.28. The van der Waals surface area contributed by atoms with Gasteiger partial charge < -0.3 is 5.32 Å². The summed E-state index contributed by atoms with van der Waals surface area (Å²) in [5.74, 6) is -1.74. The molecule has 1 N–H and O–H groups in total. The summed E-state index contributed by atoms with van der Waals surface area (Å²) < 4.78 is 0. The molecule has 0 unspecified atom stereocenters. The summed E-state index contributed by atoms with van der Waals surface area (Å²) in [5.41, 5.74) is 0. The van der Waals surface area contributed by atoms with Crippen LogP contribution in [0.15, 0.2) is 0 Å². The second-order valence-corrected chi connectivity index (χ2v) is 2.74. The second kappa shape index (κ2) is 3.95. The van der Waals surface area contributed by atoms with E-state index < -0.39 is 12.0 Å². The van der Waals surface area contributed by atoms with E-state index in [1.807, 2.05) is 0 Å². The number of hydrogen-bond donors (Lipinski definition) is 1. The summed E-state index contributed by atoms with van der Waals surface area (Å²) in [7, 11) is 0. The number of nitrogens with one attached hydrogen (secondary N) is 1. The van der Waals surface area contributed by atoms with Crippen LogP contribution in [0.2, 0.25) is 0 Å². The second-order valence-electron chi connectivity index (χ2n) is 2.74. The van der Waals surface area contributed by atoms with Gasteiger partial charge in [0.25, 0.3) is 0 Å². The Morgan fingerprint density at radius 1 is 1.27 bits per heavy atom. The lowest BCUT2D eigenvalue weighted by atomic mass is 10.1. The highest BCUT2D eigenvalue weighted by molar-refractivity contribution is 5.81. The molecule has 0 rings (SSSR count). The monoisotopic (exact) mass is 158 g/mol. The molecule has 0 spiro atoms. The van der Waals surface area contributed by atoms with Crippen LogP contribution in [0.5, 0.6) is 0 Å². The van der Waals surface area contributed by atoms with Crippen molar-refractivity contribution in [2.75, 3.05) is 0 Å². The summed E-state index contributed by atoms with van der Waals surface area (Å²) in [6, 6.07) is -0.882. The Kier molecular flexibility index (Phi) is 3.57. The summed E-state index contributed by atoms with van der Waals surface area (Å²) in [4.78, 5) is 20.8. The molecular formula is C7H12NO3. The predicted molar refractivity (Wildman–Crippen MR) is 38.1 cm³/mol. The SMILES string of the molecule is CC(=O)N[C@H](C([O])=O)C(C)C. The van der Waals surface area contributed by atoms with Crippen LogP contribution in [-0.4, -0.2) is 17.9 Å². The average molecular weight is 158 g/mol. The zero-order valence-corrected chi connectivity index (χ0v) is 6.88. The highest BCUT2D eigenvalue weighted by atomic mass is 16.4. The van der Waals surface area contributed by atoms with Crippen molar-refractivity contribution >= 4 is 11.9 Å². The first-order chi connectivity index (χ1) is 4.95. The first-order valence-corrected chi connectivity index (χ1v) is 3.43. The summed E-state index contributed by atoms with van der Waals surface area (Å²) in [5, 5.41) is 12.6. The maximum Gasteiger partial charge on any atom is 0.377 e. The molecule has 0 fully saturated rings. The minimum absolute atomic E-state index is 0.149. The third-order valence-corrected chi connectivity index (χ3v) is 1.28. The van der Waals surface area contributed by atoms with Crippen molar-refractivity contribution < 1.29 is 14.7 Å². The van der Waals surface area contributed by atoms with Gasteiger partial charge in [-0.1, -0.05) is 13.8 Å². The van der Waals surface area contributed by atoms with Crippen molar-refractivity contribution in [3.63, 3.8) is 0 Å². The predicted octanol–water partition coefficient (Wildman–Crippen LogP) is 0.104. The van der Waals surface area contributed by atoms with Crippen LogP contribution in [0.4, 0.5) is 0 Å². The molecule has 1 atom stereocenters. The molecule has 0 aromatic heterocycles. The zero-order valence-electron chi connectivity index (χ0n) is 6.88. The van der Waals surface area contributed by atoms with E-state index in [0.29, 0.717) is 0 Å². The van der Waals surface area contributed by atoms with Gasteiger partial charge in [0.05, 0.1) is 0 Å². The molecule has 0 aromatic carbocycles. The van der Waals surface area contributed by atoms with Crippen molar-refractivity contribution in [1.29, 1.82) is 0 Å². The Labute approximate surface area is 65.6 Å². The minimum Gasteiger partial charge on any atom is -0.343 e. The molecule has 63 valence electrons. The fraction of sp³-hybridized carbons (Fsp3) is 0.714. The van der Waals surface area contributed by atoms with Crippen LogP contribution in [0, 0.1) is 5.92 Å². The van der Waals surface area contributed by atoms with E-state index in [4.69, 9.17) is 0 Å². The van der Waals surface area contributed by atoms with Gasteiger partial charge in [-0.05, 0) is 5.92 Å². The first-order valence-electron chi connectivity index (χ1n) is 3.43. The molecule has 0 aliphatic rings. The van der Waals surface area contributed by atoms with E-state index >= 15 is 0 Å². The molecule has 0 heterocycles. The van der Waals surface area contributed by atoms with Gasteiger partial charge in [0.15, 0.2) is 0 Å². The molecule has 4 heteroatoms. The Morgan fingerprint density at radius 2 is 1.73 bits per heavy atom. The Bertz CT molecular complexity index is 165. The van der Waals surface area contributed by atoms with Gasteiger partial charge in [0.2, 0.25) is 5.91 Å². The van der Waals surface area contributed by atoms with Crippen molar-refractivity contribution in [3.8, 4) is 0 Å². The molecule has 0 saturated heterocycles. The molecular weight excluding hydrogens is 146 g/mol. The van der Waals surface area contributed by atoms with Gasteiger partial charge >= 0.3 is 5.97 Å². The van der Waals surface area contributed by atoms with Crippen LogP contribution in [0.1, 0.15) is 20.8 Å². The summed E-state index contributed by atoms with van der Waals surface area (Å²) in [6.07, 6.45) is 0. The average Bonchev–Trinajstić information content (AvgIpc) is 1.81. The lowest BCUT2D eigenvalue weighted by molar-refractivity contribution is -0.148. The molecule has 0 saturated carbocycles. The van der Waals surface area contributed by atoms with E-state index in [0.717, 1.165) is 0 Å². The van der Waals surface area contributed by atoms with Crippen molar-refractivity contribution in [2.24, 2.45) is 5.92 Å². The van der Waals surface area contributed by atoms with Crippen molar-refractivity contribution in [3.05, 3.63) is 0 Å². The van der Waals surface area contributed by atoms with Crippen LogP contribution in [-0.2, 0) is 14.7 Å². The number of carbonyl (C=O) groups excluding carboxylic acids is 2. The van der Waals surface area contributed by atoms with Gasteiger partial charge in [-0.3, -0.25) is 4.79 Å². The third kappa shape index (κ3) is 3.60. The number of amides is 1. The van der Waals surface area contributed by atoms with E-state index in [9.17, 15) is 14.7 Å². The molecule has 0 bridgehead atoms. The van der Waals surface area contributed by atoms with E-state index in [-0.39, 0.29) is 11.8 Å². The van der Waals surface area contributed by atoms with Crippen LogP contribution in [0.3, 0.4) is 0 Å². The van der Waals surface area contributed by atoms with Crippen LogP contribution >= 0.6 is 0 Å². The smallest absolute Gasteiger partial charge is 0.343 e. The quantitative estimate of drug-likeness (QED) is 0.633. The summed E-state index contributed by atoms with van der Waals surface area (Å²) >= 11 is 0. The Balaban J connectivity index is 4.12. The molecule has 11 heavy (non-hydrogen) atoms. The standard InChI is InChI=1S/C7H12NO3/c1-4(2)6(7(10)11)8-5(3)9/h4,6H,1-3H3,(H,8,9)/t6-/m0/s1. The van der Waals surface area contributed by atoms with Gasteiger partial charge in [0, 0.05) is 6.92 Å². The van der Waals surface area contributed by atoms with Crippen molar-refractivity contribution in [1.82, 2.24) is 5.32 Å². The fourth-order valence-electron chi connectivity index (χ4n) is 0.717. The maximum atomic E-state index is 10.5. The van der Waals surface area contributed by atoms with Crippen LogP contribution in [0.25, 0.3) is 0 Å². The lowest BCUT2D eigenvalue weighted by Crippen LogP contribution is -2.42. The molecule has 1 radical (unpaired) electrons. The largest absolute Gasteiger partial charge is 0.377 e. The molecule has 4 nitrogen and oxygen atoms in total. The van der Waals surface area contributed by atoms with Crippen LogP contribution < -0.4 is 5.32 Å². The fourth-order valence-corrected chi connectivity index (χ4v) is 0.717. The number of hydrogen-bond acceptors (Lipinski definition) is 2. The van der Waals surface area contributed by atoms with Gasteiger partial charge in [0.1, 0.15) is 6.04 Å². The Hall–Kier alpha value is -1.06. The van der Waals surface area contributed by atoms with E-state index in [1.54, 1.807) is 13.8 Å². The molecule has 1 amide bonds. The van der Waals surface area contributed by atoms with Gasteiger partial charge in [-0.2, -0.15) is 0 Å². The van der Waals surface area contributed by atoms with E-state index in [2.05, 4.69) is 5.32 Å².